The molecule has 128 valence electrons. The summed E-state index contributed by atoms with van der Waals surface area (Å²) in [6.45, 7) is 0. The number of carbonyl (C=O) groups is 1. The minimum absolute atomic E-state index is 0.107. The number of halogens is 2. The van der Waals surface area contributed by atoms with Gasteiger partial charge in [-0.15, -0.1) is 0 Å². The fourth-order valence-electron chi connectivity index (χ4n) is 2.28. The maximum Gasteiger partial charge on any atom is 0.266 e. The normalized spacial score (nSPS) is 11.0. The molecule has 0 saturated heterocycles. The fourth-order valence-corrected chi connectivity index (χ4v) is 2.69. The smallest absolute Gasteiger partial charge is 0.266 e. The molecule has 0 saturated carbocycles. The molecule has 0 aliphatic carbocycles. The van der Waals surface area contributed by atoms with Crippen LogP contribution >= 0.6 is 23.2 Å². The fraction of sp³-hybridized carbons (Fsp3) is 0. The Balaban J connectivity index is 1.84. The molecule has 0 bridgehead atoms. The Bertz CT molecular complexity index is 1030. The monoisotopic (exact) mass is 382 g/mol. The van der Waals surface area contributed by atoms with Crippen molar-refractivity contribution < 1.29 is 9.21 Å². The molecular weight excluding hydrogens is 371 g/mol. The first kappa shape index (κ1) is 17.8. The predicted octanol–water partition coefficient (Wildman–Crippen LogP) is 5.80. The molecule has 6 heteroatoms. The van der Waals surface area contributed by atoms with Gasteiger partial charge in [-0.3, -0.25) is 4.79 Å². The van der Waals surface area contributed by atoms with Crippen molar-refractivity contribution in [3.05, 3.63) is 82.0 Å². The third-order valence-corrected chi connectivity index (χ3v) is 4.20. The second kappa shape index (κ2) is 7.92. The number of para-hydroxylation sites is 1. The van der Waals surface area contributed by atoms with Crippen molar-refractivity contribution in [2.24, 2.45) is 0 Å². The van der Waals surface area contributed by atoms with Crippen molar-refractivity contribution in [1.29, 1.82) is 5.26 Å². The van der Waals surface area contributed by atoms with Crippen molar-refractivity contribution in [2.75, 3.05) is 5.32 Å². The molecule has 0 unspecified atom stereocenters. The molecule has 3 rings (SSSR count). The zero-order valence-corrected chi connectivity index (χ0v) is 14.9. The molecule has 1 N–H and O–H groups in total. The van der Waals surface area contributed by atoms with Gasteiger partial charge in [0, 0.05) is 11.6 Å². The van der Waals surface area contributed by atoms with Gasteiger partial charge in [0.1, 0.15) is 23.2 Å². The van der Waals surface area contributed by atoms with E-state index in [0.717, 1.165) is 5.56 Å². The highest BCUT2D eigenvalue weighted by Gasteiger charge is 2.13. The van der Waals surface area contributed by atoms with Crippen LogP contribution in [0.2, 0.25) is 10.0 Å². The molecule has 3 aromatic rings. The number of nitriles is 1. The number of nitrogens with one attached hydrogen (secondary N) is 1. The van der Waals surface area contributed by atoms with E-state index in [9.17, 15) is 10.1 Å². The average Bonchev–Trinajstić information content (AvgIpc) is 3.10. The van der Waals surface area contributed by atoms with Gasteiger partial charge in [-0.1, -0.05) is 47.5 Å². The van der Waals surface area contributed by atoms with Crippen molar-refractivity contribution in [1.82, 2.24) is 0 Å². The van der Waals surface area contributed by atoms with Crippen LogP contribution in [0.25, 0.3) is 17.4 Å². The SMILES string of the molecule is N#CC(=Cc1ccc(-c2ccccc2Cl)o1)C(=O)Nc1ccccc1Cl. The largest absolute Gasteiger partial charge is 0.457 e. The van der Waals surface area contributed by atoms with Crippen LogP contribution in [0, 0.1) is 11.3 Å². The highest BCUT2D eigenvalue weighted by molar-refractivity contribution is 6.34. The average molecular weight is 383 g/mol. The van der Waals surface area contributed by atoms with Gasteiger partial charge in [0.05, 0.1) is 15.7 Å². The third kappa shape index (κ3) is 3.97. The van der Waals surface area contributed by atoms with E-state index < -0.39 is 5.91 Å². The maximum atomic E-state index is 12.3. The minimum Gasteiger partial charge on any atom is -0.457 e. The molecular formula is C20H12Cl2N2O2. The predicted molar refractivity (Wildman–Crippen MR) is 103 cm³/mol. The lowest BCUT2D eigenvalue weighted by molar-refractivity contribution is -0.112. The molecule has 0 atom stereocenters. The van der Waals surface area contributed by atoms with Crippen molar-refractivity contribution in [2.45, 2.75) is 0 Å². The maximum absolute atomic E-state index is 12.3. The molecule has 0 fully saturated rings. The van der Waals surface area contributed by atoms with Crippen LogP contribution in [-0.2, 0) is 4.79 Å². The molecule has 2 aromatic carbocycles. The molecule has 1 amide bonds. The number of carbonyl (C=O) groups excluding carboxylic acids is 1. The Morgan fingerprint density at radius 2 is 1.69 bits per heavy atom. The molecule has 0 spiro atoms. The first-order valence-electron chi connectivity index (χ1n) is 7.61. The minimum atomic E-state index is -0.573. The van der Waals surface area contributed by atoms with E-state index in [0.29, 0.717) is 27.3 Å². The third-order valence-electron chi connectivity index (χ3n) is 3.54. The Kier molecular flexibility index (Phi) is 5.43. The molecule has 0 radical (unpaired) electrons. The molecule has 0 aliphatic rings. The number of benzene rings is 2. The van der Waals surface area contributed by atoms with E-state index in [1.165, 1.54) is 6.08 Å². The quantitative estimate of drug-likeness (QED) is 0.457. The van der Waals surface area contributed by atoms with Crippen LogP contribution in [0.15, 0.2) is 70.7 Å². The van der Waals surface area contributed by atoms with Crippen molar-refractivity contribution in [3.63, 3.8) is 0 Å². The van der Waals surface area contributed by atoms with E-state index in [2.05, 4.69) is 5.32 Å². The molecule has 26 heavy (non-hydrogen) atoms. The van der Waals surface area contributed by atoms with E-state index >= 15 is 0 Å². The first-order chi connectivity index (χ1) is 12.6. The van der Waals surface area contributed by atoms with Gasteiger partial charge in [0.15, 0.2) is 0 Å². The lowest BCUT2D eigenvalue weighted by Crippen LogP contribution is -2.13. The highest BCUT2D eigenvalue weighted by Crippen LogP contribution is 2.29. The zero-order valence-electron chi connectivity index (χ0n) is 13.4. The van der Waals surface area contributed by atoms with Gasteiger partial charge in [0.25, 0.3) is 5.91 Å². The summed E-state index contributed by atoms with van der Waals surface area (Å²) in [5.41, 5.74) is 1.05. The van der Waals surface area contributed by atoms with Crippen LogP contribution in [0.3, 0.4) is 0 Å². The van der Waals surface area contributed by atoms with E-state index in [4.69, 9.17) is 27.6 Å². The number of amides is 1. The topological polar surface area (TPSA) is 66.0 Å². The summed E-state index contributed by atoms with van der Waals surface area (Å²) >= 11 is 12.2. The first-order valence-corrected chi connectivity index (χ1v) is 8.36. The van der Waals surface area contributed by atoms with Crippen LogP contribution in [0.1, 0.15) is 5.76 Å². The summed E-state index contributed by atoms with van der Waals surface area (Å²) in [7, 11) is 0. The molecule has 4 nitrogen and oxygen atoms in total. The van der Waals surface area contributed by atoms with Crippen LogP contribution < -0.4 is 5.32 Å². The highest BCUT2D eigenvalue weighted by atomic mass is 35.5. The Labute approximate surface area is 160 Å². The van der Waals surface area contributed by atoms with Gasteiger partial charge < -0.3 is 9.73 Å². The van der Waals surface area contributed by atoms with Crippen LogP contribution in [0.4, 0.5) is 5.69 Å². The van der Waals surface area contributed by atoms with Gasteiger partial charge in [-0.05, 0) is 36.4 Å². The Hall–Kier alpha value is -3.00. The van der Waals surface area contributed by atoms with Crippen molar-refractivity contribution >= 4 is 40.9 Å². The summed E-state index contributed by atoms with van der Waals surface area (Å²) in [4.78, 5) is 12.3. The summed E-state index contributed by atoms with van der Waals surface area (Å²) in [5.74, 6) is 0.340. The van der Waals surface area contributed by atoms with E-state index in [-0.39, 0.29) is 5.57 Å². The summed E-state index contributed by atoms with van der Waals surface area (Å²) < 4.78 is 5.69. The van der Waals surface area contributed by atoms with Gasteiger partial charge in [0.2, 0.25) is 0 Å². The Morgan fingerprint density at radius 3 is 2.38 bits per heavy atom. The summed E-state index contributed by atoms with van der Waals surface area (Å²) in [6.07, 6.45) is 1.37. The zero-order chi connectivity index (χ0) is 18.5. The van der Waals surface area contributed by atoms with Crippen LogP contribution in [-0.4, -0.2) is 5.91 Å². The second-order valence-corrected chi connectivity index (χ2v) is 6.10. The van der Waals surface area contributed by atoms with Crippen molar-refractivity contribution in [3.8, 4) is 17.4 Å². The van der Waals surface area contributed by atoms with E-state index in [1.807, 2.05) is 24.3 Å². The Morgan fingerprint density at radius 1 is 1.00 bits per heavy atom. The number of nitrogens with zero attached hydrogens (tertiary/aromatic N) is 1. The standard InChI is InChI=1S/C20H12Cl2N2O2/c21-16-6-2-1-5-15(16)19-10-9-14(26-19)11-13(12-23)20(25)24-18-8-4-3-7-17(18)22/h1-11H,(H,24,25). The van der Waals surface area contributed by atoms with Gasteiger partial charge in [-0.2, -0.15) is 5.26 Å². The number of anilines is 1. The molecule has 0 aliphatic heterocycles. The number of furan rings is 1. The number of hydrogen-bond acceptors (Lipinski definition) is 3. The summed E-state index contributed by atoms with van der Waals surface area (Å²) in [5, 5.41) is 12.8. The number of hydrogen-bond donors (Lipinski definition) is 1. The summed E-state index contributed by atoms with van der Waals surface area (Å²) in [6, 6.07) is 19.3. The molecule has 1 aromatic heterocycles. The lowest BCUT2D eigenvalue weighted by Gasteiger charge is -2.05. The number of rotatable bonds is 4. The second-order valence-electron chi connectivity index (χ2n) is 5.29. The van der Waals surface area contributed by atoms with E-state index in [1.54, 1.807) is 42.5 Å². The molecule has 1 heterocycles. The van der Waals surface area contributed by atoms with Crippen LogP contribution in [0.5, 0.6) is 0 Å². The van der Waals surface area contributed by atoms with Gasteiger partial charge >= 0.3 is 0 Å². The van der Waals surface area contributed by atoms with Gasteiger partial charge in [-0.25, -0.2) is 0 Å². The lowest BCUT2D eigenvalue weighted by atomic mass is 10.2.